The quantitative estimate of drug-likeness (QED) is 0.786. The molecule has 0 unspecified atom stereocenters. The van der Waals surface area contributed by atoms with Crippen LogP contribution in [0.15, 0.2) is 18.7 Å². The lowest BCUT2D eigenvalue weighted by Gasteiger charge is -2.19. The number of hydrogen-bond donors (Lipinski definition) is 0. The maximum Gasteiger partial charge on any atom is 0.199 e. The summed E-state index contributed by atoms with van der Waals surface area (Å²) in [5.41, 5.74) is 1.08. The van der Waals surface area contributed by atoms with Crippen molar-refractivity contribution in [1.82, 2.24) is 19.7 Å². The van der Waals surface area contributed by atoms with Crippen LogP contribution in [0, 0.1) is 0 Å². The summed E-state index contributed by atoms with van der Waals surface area (Å²) >= 11 is 5.96. The van der Waals surface area contributed by atoms with Gasteiger partial charge in [-0.2, -0.15) is 5.10 Å². The normalized spacial score (nSPS) is 10.4. The Morgan fingerprint density at radius 1 is 1.44 bits per heavy atom. The monoisotopic (exact) mass is 267 g/mol. The highest BCUT2D eigenvalue weighted by molar-refractivity contribution is 6.31. The average molecular weight is 268 g/mol. The predicted molar refractivity (Wildman–Crippen MR) is 68.9 cm³/mol. The van der Waals surface area contributed by atoms with E-state index in [0.29, 0.717) is 23.3 Å². The molecular formula is C11H14ClN5O. The molecule has 0 aliphatic heterocycles. The Morgan fingerprint density at radius 3 is 2.83 bits per heavy atom. The number of anilines is 1. The first-order chi connectivity index (χ1) is 8.61. The fraction of sp³-hybridized carbons (Fsp3) is 0.364. The van der Waals surface area contributed by atoms with Crippen molar-refractivity contribution < 1.29 is 4.74 Å². The third kappa shape index (κ3) is 2.53. The van der Waals surface area contributed by atoms with Gasteiger partial charge < -0.3 is 9.64 Å². The van der Waals surface area contributed by atoms with E-state index in [-0.39, 0.29) is 0 Å². The zero-order chi connectivity index (χ0) is 13.1. The molecular weight excluding hydrogens is 254 g/mol. The molecule has 0 bridgehead atoms. The second-order valence-electron chi connectivity index (χ2n) is 3.90. The zero-order valence-electron chi connectivity index (χ0n) is 10.5. The van der Waals surface area contributed by atoms with Gasteiger partial charge in [-0.3, -0.25) is 4.68 Å². The van der Waals surface area contributed by atoms with Crippen LogP contribution in [0.1, 0.15) is 5.56 Å². The van der Waals surface area contributed by atoms with E-state index < -0.39 is 0 Å². The van der Waals surface area contributed by atoms with E-state index in [0.717, 1.165) is 5.56 Å². The number of methoxy groups -OCH3 is 1. The summed E-state index contributed by atoms with van der Waals surface area (Å²) in [7, 11) is 5.34. The summed E-state index contributed by atoms with van der Waals surface area (Å²) in [6, 6.07) is 0. The summed E-state index contributed by atoms with van der Waals surface area (Å²) in [5.74, 6) is 1.13. The van der Waals surface area contributed by atoms with Crippen LogP contribution in [0.5, 0.6) is 5.75 Å². The number of ether oxygens (including phenoxy) is 1. The maximum atomic E-state index is 5.96. The Hall–Kier alpha value is -1.82. The average Bonchev–Trinajstić information content (AvgIpc) is 2.74. The van der Waals surface area contributed by atoms with Crippen LogP contribution in [-0.4, -0.2) is 33.9 Å². The molecule has 2 rings (SSSR count). The molecule has 0 aliphatic carbocycles. The Balaban J connectivity index is 2.23. The van der Waals surface area contributed by atoms with Crippen LogP contribution in [0.3, 0.4) is 0 Å². The van der Waals surface area contributed by atoms with Gasteiger partial charge in [-0.05, 0) is 0 Å². The SMILES string of the molecule is COc1c(Cl)ncnc1N(C)Cc1cnn(C)c1. The van der Waals surface area contributed by atoms with Crippen molar-refractivity contribution >= 4 is 17.4 Å². The van der Waals surface area contributed by atoms with Gasteiger partial charge in [0, 0.05) is 32.4 Å². The fourth-order valence-electron chi connectivity index (χ4n) is 1.69. The maximum absolute atomic E-state index is 5.96. The number of aryl methyl sites for hydroxylation is 1. The largest absolute Gasteiger partial charge is 0.490 e. The van der Waals surface area contributed by atoms with Gasteiger partial charge in [0.05, 0.1) is 13.3 Å². The summed E-state index contributed by atoms with van der Waals surface area (Å²) < 4.78 is 6.98. The van der Waals surface area contributed by atoms with E-state index in [1.54, 1.807) is 11.8 Å². The van der Waals surface area contributed by atoms with Gasteiger partial charge in [0.15, 0.2) is 16.7 Å². The third-order valence-electron chi connectivity index (χ3n) is 2.49. The van der Waals surface area contributed by atoms with Gasteiger partial charge >= 0.3 is 0 Å². The van der Waals surface area contributed by atoms with Crippen molar-refractivity contribution in [3.63, 3.8) is 0 Å². The van der Waals surface area contributed by atoms with Crippen molar-refractivity contribution in [2.24, 2.45) is 7.05 Å². The van der Waals surface area contributed by atoms with Gasteiger partial charge in [0.25, 0.3) is 0 Å². The van der Waals surface area contributed by atoms with Crippen LogP contribution in [-0.2, 0) is 13.6 Å². The van der Waals surface area contributed by atoms with E-state index in [9.17, 15) is 0 Å². The van der Waals surface area contributed by atoms with Crippen LogP contribution >= 0.6 is 11.6 Å². The number of halogens is 1. The van der Waals surface area contributed by atoms with E-state index in [2.05, 4.69) is 15.1 Å². The van der Waals surface area contributed by atoms with E-state index in [1.807, 2.05) is 31.4 Å². The number of nitrogens with zero attached hydrogens (tertiary/aromatic N) is 5. The second-order valence-corrected chi connectivity index (χ2v) is 4.26. The lowest BCUT2D eigenvalue weighted by atomic mass is 10.3. The smallest absolute Gasteiger partial charge is 0.199 e. The molecule has 0 fully saturated rings. The molecule has 0 aliphatic rings. The van der Waals surface area contributed by atoms with Crippen molar-refractivity contribution in [3.8, 4) is 5.75 Å². The standard InChI is InChI=1S/C11H14ClN5O/c1-16(5-8-4-15-17(2)6-8)11-9(18-3)10(12)13-7-14-11/h4,6-7H,5H2,1-3H3. The fourth-order valence-corrected chi connectivity index (χ4v) is 1.90. The summed E-state index contributed by atoms with van der Waals surface area (Å²) in [5, 5.41) is 4.43. The highest BCUT2D eigenvalue weighted by atomic mass is 35.5. The first-order valence-electron chi connectivity index (χ1n) is 5.35. The van der Waals surface area contributed by atoms with Gasteiger partial charge in [0.1, 0.15) is 6.33 Å². The summed E-state index contributed by atoms with van der Waals surface area (Å²) in [6.45, 7) is 0.664. The molecule has 2 aromatic heterocycles. The number of aromatic nitrogens is 4. The minimum absolute atomic E-state index is 0.306. The molecule has 96 valence electrons. The van der Waals surface area contributed by atoms with Crippen molar-refractivity contribution in [1.29, 1.82) is 0 Å². The highest BCUT2D eigenvalue weighted by Gasteiger charge is 2.14. The van der Waals surface area contributed by atoms with Gasteiger partial charge in [-0.15, -0.1) is 0 Å². The molecule has 0 aromatic carbocycles. The Labute approximate surface area is 110 Å². The first-order valence-corrected chi connectivity index (χ1v) is 5.72. The first kappa shape index (κ1) is 12.6. The molecule has 0 radical (unpaired) electrons. The third-order valence-corrected chi connectivity index (χ3v) is 2.75. The molecule has 0 amide bonds. The van der Waals surface area contributed by atoms with Crippen LogP contribution in [0.25, 0.3) is 0 Å². The van der Waals surface area contributed by atoms with E-state index >= 15 is 0 Å². The highest BCUT2D eigenvalue weighted by Crippen LogP contribution is 2.31. The summed E-state index contributed by atoms with van der Waals surface area (Å²) in [6.07, 6.45) is 5.18. The van der Waals surface area contributed by atoms with E-state index in [1.165, 1.54) is 6.33 Å². The lowest BCUT2D eigenvalue weighted by molar-refractivity contribution is 0.411. The topological polar surface area (TPSA) is 56.1 Å². The Kier molecular flexibility index (Phi) is 3.66. The number of rotatable bonds is 4. The van der Waals surface area contributed by atoms with Crippen LogP contribution < -0.4 is 9.64 Å². The zero-order valence-corrected chi connectivity index (χ0v) is 11.2. The Morgan fingerprint density at radius 2 is 2.22 bits per heavy atom. The minimum atomic E-state index is 0.306. The van der Waals surface area contributed by atoms with Gasteiger partial charge in [0.2, 0.25) is 0 Å². The molecule has 2 aromatic rings. The van der Waals surface area contributed by atoms with Crippen molar-refractivity contribution in [2.45, 2.75) is 6.54 Å². The molecule has 0 spiro atoms. The number of hydrogen-bond acceptors (Lipinski definition) is 5. The lowest BCUT2D eigenvalue weighted by Crippen LogP contribution is -2.18. The van der Waals surface area contributed by atoms with Crippen molar-refractivity contribution in [3.05, 3.63) is 29.4 Å². The molecule has 0 atom stereocenters. The van der Waals surface area contributed by atoms with Gasteiger partial charge in [-0.1, -0.05) is 11.6 Å². The van der Waals surface area contributed by atoms with Gasteiger partial charge in [-0.25, -0.2) is 9.97 Å². The van der Waals surface area contributed by atoms with Crippen LogP contribution in [0.4, 0.5) is 5.82 Å². The second kappa shape index (κ2) is 5.22. The molecule has 0 N–H and O–H groups in total. The molecule has 7 heteroatoms. The molecule has 0 saturated carbocycles. The minimum Gasteiger partial charge on any atom is -0.490 e. The summed E-state index contributed by atoms with van der Waals surface area (Å²) in [4.78, 5) is 10.0. The van der Waals surface area contributed by atoms with E-state index in [4.69, 9.17) is 16.3 Å². The Bertz CT molecular complexity index is 542. The molecule has 2 heterocycles. The molecule has 18 heavy (non-hydrogen) atoms. The molecule has 0 saturated heterocycles. The molecule has 6 nitrogen and oxygen atoms in total. The van der Waals surface area contributed by atoms with Crippen molar-refractivity contribution in [2.75, 3.05) is 19.1 Å². The van der Waals surface area contributed by atoms with Crippen LogP contribution in [0.2, 0.25) is 5.15 Å². The predicted octanol–water partition coefficient (Wildman–Crippen LogP) is 1.51.